The van der Waals surface area contributed by atoms with Crippen molar-refractivity contribution < 1.29 is 14.3 Å². The minimum absolute atomic E-state index is 0.0571. The Balaban J connectivity index is 2.38. The summed E-state index contributed by atoms with van der Waals surface area (Å²) in [5, 5.41) is 0.427. The average Bonchev–Trinajstić information content (AvgIpc) is 2.61. The quantitative estimate of drug-likeness (QED) is 0.795. The van der Waals surface area contributed by atoms with Crippen LogP contribution in [-0.2, 0) is 0 Å². The van der Waals surface area contributed by atoms with Crippen molar-refractivity contribution >= 4 is 17.4 Å². The van der Waals surface area contributed by atoms with Crippen molar-refractivity contribution in [1.29, 1.82) is 0 Å². The Labute approximate surface area is 92.9 Å². The fraction of sp³-hybridized carbons (Fsp3) is 0.364. The predicted molar refractivity (Wildman–Crippen MR) is 57.1 cm³/mol. The van der Waals surface area contributed by atoms with E-state index in [1.54, 1.807) is 12.1 Å². The molecule has 4 heteroatoms. The maximum Gasteiger partial charge on any atom is 0.205 e. The van der Waals surface area contributed by atoms with Crippen LogP contribution >= 0.6 is 11.6 Å². The maximum atomic E-state index is 11.4. The molecule has 1 aliphatic rings. The molecule has 0 aliphatic carbocycles. The number of fused-ring (bicyclic) bond motifs is 1. The van der Waals surface area contributed by atoms with Gasteiger partial charge in [0.1, 0.15) is 0 Å². The average molecular weight is 227 g/mol. The van der Waals surface area contributed by atoms with E-state index in [-0.39, 0.29) is 12.4 Å². The van der Waals surface area contributed by atoms with Crippen LogP contribution in [-0.4, -0.2) is 19.0 Å². The van der Waals surface area contributed by atoms with Gasteiger partial charge in [0.25, 0.3) is 0 Å². The standard InChI is InChI=1S/C11H11ClO3/c1-2-5-14-9-4-3-7(12)10-8(13)6-15-11(9)10/h3-4H,2,5-6H2,1H3. The number of benzene rings is 1. The zero-order chi connectivity index (χ0) is 10.8. The highest BCUT2D eigenvalue weighted by atomic mass is 35.5. The van der Waals surface area contributed by atoms with E-state index in [1.165, 1.54) is 0 Å². The second kappa shape index (κ2) is 4.11. The molecule has 2 rings (SSSR count). The lowest BCUT2D eigenvalue weighted by atomic mass is 10.1. The molecule has 0 N–H and O–H groups in total. The zero-order valence-corrected chi connectivity index (χ0v) is 9.13. The largest absolute Gasteiger partial charge is 0.490 e. The topological polar surface area (TPSA) is 35.5 Å². The Morgan fingerprint density at radius 1 is 1.53 bits per heavy atom. The minimum Gasteiger partial charge on any atom is -0.490 e. The molecule has 0 aromatic heterocycles. The molecule has 1 aromatic rings. The summed E-state index contributed by atoms with van der Waals surface area (Å²) < 4.78 is 10.7. The lowest BCUT2D eigenvalue weighted by molar-refractivity contribution is 0.0960. The van der Waals surface area contributed by atoms with E-state index in [1.807, 2.05) is 6.92 Å². The number of halogens is 1. The molecule has 0 spiro atoms. The maximum absolute atomic E-state index is 11.4. The Bertz CT molecular complexity index is 401. The summed E-state index contributed by atoms with van der Waals surface area (Å²) in [6.45, 7) is 2.68. The van der Waals surface area contributed by atoms with Crippen LogP contribution in [0.1, 0.15) is 23.7 Å². The van der Waals surface area contributed by atoms with E-state index in [0.29, 0.717) is 28.7 Å². The van der Waals surface area contributed by atoms with E-state index < -0.39 is 0 Å². The smallest absolute Gasteiger partial charge is 0.205 e. The molecule has 15 heavy (non-hydrogen) atoms. The van der Waals surface area contributed by atoms with E-state index in [0.717, 1.165) is 6.42 Å². The highest BCUT2D eigenvalue weighted by Crippen LogP contribution is 2.39. The van der Waals surface area contributed by atoms with Crippen molar-refractivity contribution in [2.45, 2.75) is 13.3 Å². The van der Waals surface area contributed by atoms with Crippen LogP contribution in [0.25, 0.3) is 0 Å². The van der Waals surface area contributed by atoms with Gasteiger partial charge in [0.2, 0.25) is 5.78 Å². The molecule has 0 saturated heterocycles. The Hall–Kier alpha value is -1.22. The van der Waals surface area contributed by atoms with Gasteiger partial charge in [-0.15, -0.1) is 0 Å². The minimum atomic E-state index is -0.0862. The number of ketones is 1. The molecule has 0 amide bonds. The van der Waals surface area contributed by atoms with Gasteiger partial charge in [0.05, 0.1) is 17.2 Å². The Morgan fingerprint density at radius 2 is 2.33 bits per heavy atom. The normalized spacial score (nSPS) is 13.6. The number of Topliss-reactive ketones (excluding diaryl/α,β-unsaturated/α-hetero) is 1. The summed E-state index contributed by atoms with van der Waals surface area (Å²) in [7, 11) is 0. The number of carbonyl (C=O) groups is 1. The van der Waals surface area contributed by atoms with Gasteiger partial charge in [0.15, 0.2) is 18.1 Å². The lowest BCUT2D eigenvalue weighted by Crippen LogP contribution is -1.99. The highest BCUT2D eigenvalue weighted by molar-refractivity contribution is 6.34. The second-order valence-electron chi connectivity index (χ2n) is 3.31. The first-order valence-corrected chi connectivity index (χ1v) is 5.23. The van der Waals surface area contributed by atoms with Crippen molar-refractivity contribution in [2.75, 3.05) is 13.2 Å². The molecular formula is C11H11ClO3. The van der Waals surface area contributed by atoms with Gasteiger partial charge in [-0.1, -0.05) is 18.5 Å². The van der Waals surface area contributed by atoms with Crippen LogP contribution in [0.4, 0.5) is 0 Å². The first-order chi connectivity index (χ1) is 7.24. The Morgan fingerprint density at radius 3 is 3.07 bits per heavy atom. The number of carbonyl (C=O) groups excluding carboxylic acids is 1. The van der Waals surface area contributed by atoms with Gasteiger partial charge in [0, 0.05) is 0 Å². The molecule has 1 heterocycles. The summed E-state index contributed by atoms with van der Waals surface area (Å²) >= 11 is 5.91. The fourth-order valence-corrected chi connectivity index (χ4v) is 1.73. The summed E-state index contributed by atoms with van der Waals surface area (Å²) in [4.78, 5) is 11.4. The Kier molecular flexibility index (Phi) is 2.82. The van der Waals surface area contributed by atoms with Crippen molar-refractivity contribution in [3.05, 3.63) is 22.7 Å². The molecule has 0 bridgehead atoms. The third-order valence-electron chi connectivity index (χ3n) is 2.16. The number of rotatable bonds is 3. The van der Waals surface area contributed by atoms with Gasteiger partial charge < -0.3 is 9.47 Å². The highest BCUT2D eigenvalue weighted by Gasteiger charge is 2.27. The molecule has 3 nitrogen and oxygen atoms in total. The van der Waals surface area contributed by atoms with Gasteiger partial charge >= 0.3 is 0 Å². The summed E-state index contributed by atoms with van der Waals surface area (Å²) in [6.07, 6.45) is 0.908. The van der Waals surface area contributed by atoms with Gasteiger partial charge in [-0.2, -0.15) is 0 Å². The van der Waals surface area contributed by atoms with Crippen LogP contribution < -0.4 is 9.47 Å². The van der Waals surface area contributed by atoms with Crippen molar-refractivity contribution in [3.63, 3.8) is 0 Å². The summed E-state index contributed by atoms with van der Waals surface area (Å²) in [5.41, 5.74) is 0.449. The van der Waals surface area contributed by atoms with Crippen LogP contribution in [0, 0.1) is 0 Å². The third-order valence-corrected chi connectivity index (χ3v) is 2.47. The fourth-order valence-electron chi connectivity index (χ4n) is 1.48. The van der Waals surface area contributed by atoms with Crippen LogP contribution in [0.5, 0.6) is 11.5 Å². The molecule has 1 aromatic carbocycles. The van der Waals surface area contributed by atoms with Crippen molar-refractivity contribution in [2.24, 2.45) is 0 Å². The van der Waals surface area contributed by atoms with Crippen LogP contribution in [0.3, 0.4) is 0 Å². The second-order valence-corrected chi connectivity index (χ2v) is 3.72. The van der Waals surface area contributed by atoms with E-state index in [4.69, 9.17) is 21.1 Å². The van der Waals surface area contributed by atoms with Crippen LogP contribution in [0.15, 0.2) is 12.1 Å². The monoisotopic (exact) mass is 226 g/mol. The molecule has 0 saturated carbocycles. The molecule has 0 unspecified atom stereocenters. The van der Waals surface area contributed by atoms with E-state index in [9.17, 15) is 4.79 Å². The zero-order valence-electron chi connectivity index (χ0n) is 8.38. The third kappa shape index (κ3) is 1.79. The molecule has 0 atom stereocenters. The summed E-state index contributed by atoms with van der Waals surface area (Å²) in [5.74, 6) is 1.000. The molecule has 0 radical (unpaired) electrons. The van der Waals surface area contributed by atoms with Crippen LogP contribution in [0.2, 0.25) is 5.02 Å². The SMILES string of the molecule is CCCOc1ccc(Cl)c2c1OCC2=O. The molecule has 80 valence electrons. The van der Waals surface area contributed by atoms with Gasteiger partial charge in [-0.25, -0.2) is 0 Å². The van der Waals surface area contributed by atoms with Gasteiger partial charge in [-0.05, 0) is 18.6 Å². The number of hydrogen-bond donors (Lipinski definition) is 0. The molecule has 0 fully saturated rings. The molecular weight excluding hydrogens is 216 g/mol. The van der Waals surface area contributed by atoms with E-state index in [2.05, 4.69) is 0 Å². The summed E-state index contributed by atoms with van der Waals surface area (Å²) in [6, 6.07) is 3.40. The first kappa shape index (κ1) is 10.3. The number of ether oxygens (including phenoxy) is 2. The predicted octanol–water partition coefficient (Wildman–Crippen LogP) is 2.70. The van der Waals surface area contributed by atoms with Crippen molar-refractivity contribution in [3.8, 4) is 11.5 Å². The lowest BCUT2D eigenvalue weighted by Gasteiger charge is -2.09. The van der Waals surface area contributed by atoms with E-state index >= 15 is 0 Å². The van der Waals surface area contributed by atoms with Gasteiger partial charge in [-0.3, -0.25) is 4.79 Å². The molecule has 1 aliphatic heterocycles. The number of hydrogen-bond acceptors (Lipinski definition) is 3. The van der Waals surface area contributed by atoms with Crippen molar-refractivity contribution in [1.82, 2.24) is 0 Å². The first-order valence-electron chi connectivity index (χ1n) is 4.85.